The van der Waals surface area contributed by atoms with Crippen LogP contribution >= 0.6 is 0 Å². The molecule has 0 aliphatic carbocycles. The molecular formula is C40H40O12. The first kappa shape index (κ1) is 37.0. The molecule has 5 rings (SSSR count). The molecule has 0 bridgehead atoms. The maximum atomic E-state index is 13.0. The Balaban J connectivity index is 1.33. The highest BCUT2D eigenvalue weighted by atomic mass is 16.5. The Kier molecular flexibility index (Phi) is 12.1. The van der Waals surface area contributed by atoms with E-state index in [-0.39, 0.29) is 47.7 Å². The van der Waals surface area contributed by atoms with Gasteiger partial charge in [0.05, 0.1) is 41.0 Å². The number of ether oxygens (including phenoxy) is 7. The number of phenolic OH excluding ortho intramolecular Hbond substituents is 3. The van der Waals surface area contributed by atoms with E-state index in [4.69, 9.17) is 33.2 Å². The van der Waals surface area contributed by atoms with E-state index in [0.717, 1.165) is 11.1 Å². The van der Waals surface area contributed by atoms with Crippen molar-refractivity contribution in [3.8, 4) is 46.0 Å². The van der Waals surface area contributed by atoms with Gasteiger partial charge in [-0.1, -0.05) is 24.3 Å². The lowest BCUT2D eigenvalue weighted by Crippen LogP contribution is -2.18. The van der Waals surface area contributed by atoms with Gasteiger partial charge in [0.15, 0.2) is 46.0 Å². The summed E-state index contributed by atoms with van der Waals surface area (Å²) in [4.78, 5) is 25.5. The van der Waals surface area contributed by atoms with Gasteiger partial charge in [0.2, 0.25) is 0 Å². The molecule has 0 saturated heterocycles. The fraction of sp³-hybridized carbons (Fsp3) is 0.250. The normalized spacial score (nSPS) is 14.8. The van der Waals surface area contributed by atoms with E-state index in [9.17, 15) is 24.9 Å². The lowest BCUT2D eigenvalue weighted by atomic mass is 9.87. The van der Waals surface area contributed by atoms with Crippen molar-refractivity contribution in [1.29, 1.82) is 0 Å². The van der Waals surface area contributed by atoms with Gasteiger partial charge in [-0.3, -0.25) is 0 Å². The van der Waals surface area contributed by atoms with E-state index in [2.05, 4.69) is 0 Å². The van der Waals surface area contributed by atoms with Gasteiger partial charge in [0.1, 0.15) is 12.7 Å². The first-order valence-electron chi connectivity index (χ1n) is 16.3. The Morgan fingerprint density at radius 2 is 1.21 bits per heavy atom. The minimum absolute atomic E-state index is 0.00372. The van der Waals surface area contributed by atoms with Crippen molar-refractivity contribution in [2.45, 2.75) is 24.9 Å². The lowest BCUT2D eigenvalue weighted by molar-refractivity contribution is -0.139. The summed E-state index contributed by atoms with van der Waals surface area (Å²) in [6.07, 6.45) is 6.05. The minimum Gasteiger partial charge on any atom is -0.504 e. The molecule has 4 aromatic rings. The number of carbonyl (C=O) groups excluding carboxylic acids is 2. The first-order chi connectivity index (χ1) is 25.1. The van der Waals surface area contributed by atoms with Crippen LogP contribution in [-0.4, -0.2) is 68.9 Å². The van der Waals surface area contributed by atoms with Crippen LogP contribution in [0, 0.1) is 0 Å². The molecule has 1 aliphatic rings. The molecule has 52 heavy (non-hydrogen) atoms. The average Bonchev–Trinajstić information content (AvgIpc) is 3.55. The SMILES string of the molecule is COc1cc(/C=C\C(=O)OCCCc2ccc(OC)c3c2[C@H](COC(=O)/C=C\c2ccc(O)c(OC)c2)[C@H](c2ccc(O)c(OC)c2)O3)ccc1O. The van der Waals surface area contributed by atoms with Crippen molar-refractivity contribution < 1.29 is 58.1 Å². The van der Waals surface area contributed by atoms with E-state index in [1.165, 1.54) is 58.8 Å². The molecule has 3 N–H and O–H groups in total. The highest BCUT2D eigenvalue weighted by Crippen LogP contribution is 2.53. The van der Waals surface area contributed by atoms with Gasteiger partial charge in [-0.05, 0) is 89.7 Å². The Bertz CT molecular complexity index is 1960. The predicted octanol–water partition coefficient (Wildman–Crippen LogP) is 6.50. The molecule has 1 aliphatic heterocycles. The zero-order chi connectivity index (χ0) is 37.2. The molecule has 4 aromatic carbocycles. The van der Waals surface area contributed by atoms with Crippen LogP contribution < -0.4 is 23.7 Å². The minimum atomic E-state index is -0.640. The Hall–Kier alpha value is -6.30. The van der Waals surface area contributed by atoms with Crippen molar-refractivity contribution in [3.05, 3.63) is 107 Å². The largest absolute Gasteiger partial charge is 0.504 e. The van der Waals surface area contributed by atoms with Crippen LogP contribution in [0.15, 0.2) is 78.9 Å². The summed E-state index contributed by atoms with van der Waals surface area (Å²) < 4.78 is 39.0. The van der Waals surface area contributed by atoms with Crippen LogP contribution in [0.2, 0.25) is 0 Å². The maximum absolute atomic E-state index is 13.0. The second-order valence-corrected chi connectivity index (χ2v) is 11.7. The number of hydrogen-bond donors (Lipinski definition) is 3. The number of esters is 2. The van der Waals surface area contributed by atoms with Crippen LogP contribution in [0.3, 0.4) is 0 Å². The Labute approximate surface area is 301 Å². The summed E-state index contributed by atoms with van der Waals surface area (Å²) in [5, 5.41) is 29.9. The number of rotatable bonds is 15. The number of phenols is 3. The molecule has 0 saturated carbocycles. The quantitative estimate of drug-likeness (QED) is 0.0699. The molecule has 0 fully saturated rings. The van der Waals surface area contributed by atoms with Gasteiger partial charge >= 0.3 is 11.9 Å². The van der Waals surface area contributed by atoms with E-state index >= 15 is 0 Å². The van der Waals surface area contributed by atoms with E-state index in [0.29, 0.717) is 41.0 Å². The van der Waals surface area contributed by atoms with Gasteiger partial charge in [-0.2, -0.15) is 0 Å². The number of methoxy groups -OCH3 is 4. The summed E-state index contributed by atoms with van der Waals surface area (Å²) in [6.45, 7) is 0.0692. The summed E-state index contributed by atoms with van der Waals surface area (Å²) in [6, 6.07) is 18.0. The van der Waals surface area contributed by atoms with Crippen LogP contribution in [-0.2, 0) is 25.5 Å². The summed E-state index contributed by atoms with van der Waals surface area (Å²) in [7, 11) is 5.86. The Morgan fingerprint density at radius 3 is 1.79 bits per heavy atom. The van der Waals surface area contributed by atoms with Gasteiger partial charge in [-0.15, -0.1) is 0 Å². The zero-order valence-corrected chi connectivity index (χ0v) is 29.2. The first-order valence-corrected chi connectivity index (χ1v) is 16.3. The van der Waals surface area contributed by atoms with Crippen LogP contribution in [0.25, 0.3) is 12.2 Å². The molecule has 12 nitrogen and oxygen atoms in total. The van der Waals surface area contributed by atoms with E-state index in [1.54, 1.807) is 54.6 Å². The summed E-state index contributed by atoms with van der Waals surface area (Å²) >= 11 is 0. The van der Waals surface area contributed by atoms with Crippen molar-refractivity contribution in [2.75, 3.05) is 41.7 Å². The van der Waals surface area contributed by atoms with Gasteiger partial charge in [-0.25, -0.2) is 9.59 Å². The molecule has 272 valence electrons. The fourth-order valence-corrected chi connectivity index (χ4v) is 5.86. The second kappa shape index (κ2) is 17.1. The number of aromatic hydroxyl groups is 3. The fourth-order valence-electron chi connectivity index (χ4n) is 5.86. The summed E-state index contributed by atoms with van der Waals surface area (Å²) in [5.41, 5.74) is 3.63. The monoisotopic (exact) mass is 712 g/mol. The molecule has 0 spiro atoms. The third-order valence-corrected chi connectivity index (χ3v) is 8.45. The third kappa shape index (κ3) is 8.70. The van der Waals surface area contributed by atoms with E-state index < -0.39 is 24.0 Å². The van der Waals surface area contributed by atoms with Gasteiger partial charge in [0, 0.05) is 17.7 Å². The number of fused-ring (bicyclic) bond motifs is 1. The zero-order valence-electron chi connectivity index (χ0n) is 29.2. The smallest absolute Gasteiger partial charge is 0.330 e. The molecule has 0 aromatic heterocycles. The van der Waals surface area contributed by atoms with Gasteiger partial charge in [0.25, 0.3) is 0 Å². The van der Waals surface area contributed by atoms with Crippen molar-refractivity contribution in [3.63, 3.8) is 0 Å². The molecule has 0 unspecified atom stereocenters. The van der Waals surface area contributed by atoms with Crippen LogP contribution in [0.5, 0.6) is 46.0 Å². The number of benzene rings is 4. The molecular weight excluding hydrogens is 672 g/mol. The second-order valence-electron chi connectivity index (χ2n) is 11.7. The standard InChI is InChI=1S/C40H40O12/c1-46-32-16-12-26(6-5-19-50-36(44)17-9-24-7-13-29(41)33(20-24)47-2)38-28(39(52-40(32)38)27-11-15-31(43)35(22-27)49-4)23-51-37(45)18-10-25-8-14-30(42)34(21-25)48-3/h7-18,20-22,28,39,41-43H,5-6,19,23H2,1-4H3/b17-9-,18-10-/t28-,39-/m0/s1. The summed E-state index contributed by atoms with van der Waals surface area (Å²) in [5.74, 6) is 0.123. The molecule has 1 heterocycles. The molecule has 0 radical (unpaired) electrons. The molecule has 0 amide bonds. The average molecular weight is 713 g/mol. The molecule has 2 atom stereocenters. The predicted molar refractivity (Wildman–Crippen MR) is 191 cm³/mol. The van der Waals surface area contributed by atoms with Gasteiger partial charge < -0.3 is 48.5 Å². The Morgan fingerprint density at radius 1 is 0.673 bits per heavy atom. The van der Waals surface area contributed by atoms with Crippen LogP contribution in [0.4, 0.5) is 0 Å². The van der Waals surface area contributed by atoms with Crippen molar-refractivity contribution in [2.24, 2.45) is 0 Å². The highest BCUT2D eigenvalue weighted by Gasteiger charge is 2.40. The topological polar surface area (TPSA) is 159 Å². The number of aryl methyl sites for hydroxylation is 1. The molecule has 12 heteroatoms. The highest BCUT2D eigenvalue weighted by molar-refractivity contribution is 5.87. The van der Waals surface area contributed by atoms with Crippen LogP contribution in [0.1, 0.15) is 46.3 Å². The van der Waals surface area contributed by atoms with Crippen molar-refractivity contribution in [1.82, 2.24) is 0 Å². The third-order valence-electron chi connectivity index (χ3n) is 8.45. The van der Waals surface area contributed by atoms with Crippen molar-refractivity contribution >= 4 is 24.1 Å². The lowest BCUT2D eigenvalue weighted by Gasteiger charge is -2.21. The number of carbonyl (C=O) groups is 2. The number of hydrogen-bond acceptors (Lipinski definition) is 12. The van der Waals surface area contributed by atoms with E-state index in [1.807, 2.05) is 6.07 Å². The maximum Gasteiger partial charge on any atom is 0.330 e.